The fourth-order valence-electron chi connectivity index (χ4n) is 0.318. The molecular formula is C6H12O2Ti. The van der Waals surface area contributed by atoms with Gasteiger partial charge in [0.15, 0.2) is 0 Å². The first kappa shape index (κ1) is 11.9. The number of esters is 1. The molecule has 0 radical (unpaired) electrons. The normalized spacial score (nSPS) is 7.78. The van der Waals surface area contributed by atoms with Gasteiger partial charge in [-0.2, -0.15) is 0 Å². The van der Waals surface area contributed by atoms with Crippen LogP contribution in [-0.2, 0) is 31.2 Å². The monoisotopic (exact) mass is 164 g/mol. The molecule has 0 aliphatic rings. The number of hydrogen-bond donors (Lipinski definition) is 0. The van der Waals surface area contributed by atoms with E-state index in [1.165, 1.54) is 0 Å². The molecular weight excluding hydrogens is 152 g/mol. The molecule has 0 saturated heterocycles. The minimum Gasteiger partial charge on any atom is -0.466 e. The average molecular weight is 164 g/mol. The van der Waals surface area contributed by atoms with Gasteiger partial charge in [0.2, 0.25) is 0 Å². The smallest absolute Gasteiger partial charge is 0.305 e. The number of hydrogen-bond acceptors (Lipinski definition) is 2. The van der Waals surface area contributed by atoms with Crippen LogP contribution in [0.15, 0.2) is 0 Å². The third-order valence-electron chi connectivity index (χ3n) is 0.756. The molecule has 0 aliphatic heterocycles. The summed E-state index contributed by atoms with van der Waals surface area (Å²) < 4.78 is 4.70. The van der Waals surface area contributed by atoms with Crippen LogP contribution in [0.3, 0.4) is 0 Å². The second kappa shape index (κ2) is 8.18. The molecule has 0 bridgehead atoms. The summed E-state index contributed by atoms with van der Waals surface area (Å²) in [6, 6.07) is 0. The quantitative estimate of drug-likeness (QED) is 0.464. The number of carbonyl (C=O) groups excluding carboxylic acids is 1. The van der Waals surface area contributed by atoms with Crippen molar-refractivity contribution in [3.63, 3.8) is 0 Å². The predicted octanol–water partition coefficient (Wildman–Crippen LogP) is 1.35. The summed E-state index contributed by atoms with van der Waals surface area (Å²) in [6.45, 7) is 4.33. The molecule has 0 spiro atoms. The van der Waals surface area contributed by atoms with Crippen molar-refractivity contribution in [2.24, 2.45) is 0 Å². The standard InChI is InChI=1S/C6H12O2.Ti/c1-3-5-8-6(7)4-2;/h3-5H2,1-2H3;. The molecule has 0 unspecified atom stereocenters. The Hall–Kier alpha value is 0.184. The SMILES string of the molecule is CCCOC(=O)CC.[Ti]. The van der Waals surface area contributed by atoms with Gasteiger partial charge in [0, 0.05) is 28.1 Å². The van der Waals surface area contributed by atoms with Gasteiger partial charge < -0.3 is 4.74 Å². The molecule has 0 heterocycles. The molecule has 0 N–H and O–H groups in total. The number of ether oxygens (including phenoxy) is 1. The Morgan fingerprint density at radius 3 is 2.33 bits per heavy atom. The first-order valence-electron chi connectivity index (χ1n) is 2.96. The summed E-state index contributed by atoms with van der Waals surface area (Å²) in [5.41, 5.74) is 0. The minimum atomic E-state index is -0.105. The summed E-state index contributed by atoms with van der Waals surface area (Å²) >= 11 is 0. The topological polar surface area (TPSA) is 26.3 Å². The van der Waals surface area contributed by atoms with Gasteiger partial charge in [-0.15, -0.1) is 0 Å². The maximum absolute atomic E-state index is 10.3. The molecule has 0 aromatic rings. The molecule has 3 heteroatoms. The largest absolute Gasteiger partial charge is 0.466 e. The van der Waals surface area contributed by atoms with Gasteiger partial charge in [-0.25, -0.2) is 0 Å². The van der Waals surface area contributed by atoms with E-state index in [-0.39, 0.29) is 27.7 Å². The van der Waals surface area contributed by atoms with Crippen molar-refractivity contribution in [2.45, 2.75) is 26.7 Å². The van der Waals surface area contributed by atoms with Crippen molar-refractivity contribution in [3.05, 3.63) is 0 Å². The molecule has 0 aromatic carbocycles. The zero-order valence-corrected chi connectivity index (χ0v) is 7.50. The Morgan fingerprint density at radius 2 is 2.00 bits per heavy atom. The van der Waals surface area contributed by atoms with Gasteiger partial charge in [-0.05, 0) is 6.42 Å². The first-order valence-corrected chi connectivity index (χ1v) is 2.96. The van der Waals surface area contributed by atoms with Crippen molar-refractivity contribution in [1.82, 2.24) is 0 Å². The van der Waals surface area contributed by atoms with Crippen LogP contribution >= 0.6 is 0 Å². The number of rotatable bonds is 3. The van der Waals surface area contributed by atoms with Crippen molar-refractivity contribution in [2.75, 3.05) is 6.61 Å². The molecule has 2 nitrogen and oxygen atoms in total. The Kier molecular flexibility index (Phi) is 10.8. The predicted molar refractivity (Wildman–Crippen MR) is 31.5 cm³/mol. The van der Waals surface area contributed by atoms with E-state index in [4.69, 9.17) is 4.74 Å². The molecule has 0 aromatic heterocycles. The van der Waals surface area contributed by atoms with E-state index in [2.05, 4.69) is 0 Å². The zero-order valence-electron chi connectivity index (χ0n) is 5.94. The molecule has 0 rings (SSSR count). The van der Waals surface area contributed by atoms with E-state index >= 15 is 0 Å². The molecule has 52 valence electrons. The van der Waals surface area contributed by atoms with Gasteiger partial charge in [0.05, 0.1) is 6.61 Å². The summed E-state index contributed by atoms with van der Waals surface area (Å²) in [5.74, 6) is -0.105. The van der Waals surface area contributed by atoms with E-state index in [9.17, 15) is 4.79 Å². The minimum absolute atomic E-state index is 0. The Labute approximate surface area is 70.8 Å². The molecule has 9 heavy (non-hydrogen) atoms. The molecule has 0 aliphatic carbocycles. The maximum Gasteiger partial charge on any atom is 0.305 e. The molecule has 0 atom stereocenters. The van der Waals surface area contributed by atoms with Crippen LogP contribution in [0.5, 0.6) is 0 Å². The van der Waals surface area contributed by atoms with Crippen LogP contribution in [0.4, 0.5) is 0 Å². The van der Waals surface area contributed by atoms with E-state index in [0.717, 1.165) is 6.42 Å². The Balaban J connectivity index is 0. The average Bonchev–Trinajstić information content (AvgIpc) is 1.83. The van der Waals surface area contributed by atoms with Gasteiger partial charge >= 0.3 is 5.97 Å². The second-order valence-electron chi connectivity index (χ2n) is 1.57. The fraction of sp³-hybridized carbons (Fsp3) is 0.833. The second-order valence-corrected chi connectivity index (χ2v) is 1.57. The molecule has 0 saturated carbocycles. The summed E-state index contributed by atoms with van der Waals surface area (Å²) in [5, 5.41) is 0. The van der Waals surface area contributed by atoms with E-state index in [0.29, 0.717) is 13.0 Å². The first-order chi connectivity index (χ1) is 3.81. The molecule has 0 fully saturated rings. The summed E-state index contributed by atoms with van der Waals surface area (Å²) in [6.07, 6.45) is 1.39. The van der Waals surface area contributed by atoms with Crippen molar-refractivity contribution < 1.29 is 31.2 Å². The van der Waals surface area contributed by atoms with Crippen molar-refractivity contribution in [1.29, 1.82) is 0 Å². The summed E-state index contributed by atoms with van der Waals surface area (Å²) in [4.78, 5) is 10.3. The van der Waals surface area contributed by atoms with Gasteiger partial charge in [0.1, 0.15) is 0 Å². The number of carbonyl (C=O) groups is 1. The van der Waals surface area contributed by atoms with E-state index in [1.54, 1.807) is 6.92 Å². The van der Waals surface area contributed by atoms with Gasteiger partial charge in [-0.1, -0.05) is 13.8 Å². The maximum atomic E-state index is 10.3. The third-order valence-corrected chi connectivity index (χ3v) is 0.756. The van der Waals surface area contributed by atoms with E-state index < -0.39 is 0 Å². The van der Waals surface area contributed by atoms with E-state index in [1.807, 2.05) is 6.92 Å². The summed E-state index contributed by atoms with van der Waals surface area (Å²) in [7, 11) is 0. The van der Waals surface area contributed by atoms with Gasteiger partial charge in [0.25, 0.3) is 0 Å². The Morgan fingerprint density at radius 1 is 1.44 bits per heavy atom. The third kappa shape index (κ3) is 8.18. The van der Waals surface area contributed by atoms with Crippen LogP contribution in [0.2, 0.25) is 0 Å². The van der Waals surface area contributed by atoms with Crippen LogP contribution in [0, 0.1) is 0 Å². The van der Waals surface area contributed by atoms with Crippen molar-refractivity contribution >= 4 is 5.97 Å². The van der Waals surface area contributed by atoms with Crippen LogP contribution in [-0.4, -0.2) is 12.6 Å². The zero-order chi connectivity index (χ0) is 6.41. The molecule has 0 amide bonds. The Bertz CT molecular complexity index is 73.5. The van der Waals surface area contributed by atoms with Crippen LogP contribution < -0.4 is 0 Å². The van der Waals surface area contributed by atoms with Crippen LogP contribution in [0.25, 0.3) is 0 Å². The van der Waals surface area contributed by atoms with Gasteiger partial charge in [-0.3, -0.25) is 4.79 Å². The van der Waals surface area contributed by atoms with Crippen molar-refractivity contribution in [3.8, 4) is 0 Å². The fourth-order valence-corrected chi connectivity index (χ4v) is 0.318. The van der Waals surface area contributed by atoms with Crippen LogP contribution in [0.1, 0.15) is 26.7 Å².